The van der Waals surface area contributed by atoms with E-state index in [4.69, 9.17) is 16.3 Å². The Morgan fingerprint density at radius 2 is 1.88 bits per heavy atom. The lowest BCUT2D eigenvalue weighted by molar-refractivity contribution is -0.133. The van der Waals surface area contributed by atoms with Crippen LogP contribution in [0.4, 0.5) is 10.7 Å². The highest BCUT2D eigenvalue weighted by Crippen LogP contribution is 2.32. The van der Waals surface area contributed by atoms with Crippen molar-refractivity contribution in [2.75, 3.05) is 18.9 Å². The van der Waals surface area contributed by atoms with Crippen molar-refractivity contribution in [1.82, 2.24) is 24.4 Å². The van der Waals surface area contributed by atoms with Gasteiger partial charge >= 0.3 is 6.09 Å². The molecule has 1 aliphatic rings. The Morgan fingerprint density at radius 3 is 2.56 bits per heavy atom. The molecule has 13 heteroatoms. The number of imide groups is 1. The molecule has 1 aliphatic heterocycles. The Bertz CT molecular complexity index is 1840. The van der Waals surface area contributed by atoms with Crippen LogP contribution in [0.15, 0.2) is 53.5 Å². The zero-order chi connectivity index (χ0) is 31.1. The number of carbonyl (C=O) groups excluding carboxylic acids is 3. The summed E-state index contributed by atoms with van der Waals surface area (Å²) in [4.78, 5) is 67.1. The van der Waals surface area contributed by atoms with Crippen molar-refractivity contribution in [3.8, 4) is 22.4 Å². The Hall–Kier alpha value is -4.29. The molecule has 0 spiro atoms. The van der Waals surface area contributed by atoms with E-state index in [0.29, 0.717) is 16.0 Å². The molecule has 1 aromatic carbocycles. The molecule has 1 fully saturated rings. The molecule has 4 aromatic rings. The minimum Gasteiger partial charge on any atom is -0.443 e. The summed E-state index contributed by atoms with van der Waals surface area (Å²) in [7, 11) is 1.64. The maximum atomic E-state index is 14.1. The SMILES string of the molecule is CNc1ncc2cc(-c3ccc(-c4cccc(C)n4)cc3Cl)c(=O)n(CC3SC(=O)CN(C(=O)OC(C)(C)C)C3=O)c2n1. The van der Waals surface area contributed by atoms with E-state index < -0.39 is 40.1 Å². The minimum absolute atomic E-state index is 0.235. The van der Waals surface area contributed by atoms with Gasteiger partial charge in [-0.05, 0) is 52.0 Å². The lowest BCUT2D eigenvalue weighted by Gasteiger charge is -2.31. The lowest BCUT2D eigenvalue weighted by atomic mass is 10.0. The molecule has 2 amide bonds. The van der Waals surface area contributed by atoms with Gasteiger partial charge in [-0.3, -0.25) is 23.9 Å². The van der Waals surface area contributed by atoms with E-state index in [0.717, 1.165) is 33.6 Å². The van der Waals surface area contributed by atoms with Crippen molar-refractivity contribution >= 4 is 57.5 Å². The number of benzene rings is 1. The first-order valence-corrected chi connectivity index (χ1v) is 14.7. The number of carbonyl (C=O) groups is 3. The van der Waals surface area contributed by atoms with Crippen molar-refractivity contribution in [3.05, 3.63) is 69.7 Å². The van der Waals surface area contributed by atoms with Crippen LogP contribution in [-0.2, 0) is 20.9 Å². The number of halogens is 1. The van der Waals surface area contributed by atoms with Crippen LogP contribution in [0.2, 0.25) is 5.02 Å². The number of hydrogen-bond donors (Lipinski definition) is 1. The van der Waals surface area contributed by atoms with E-state index >= 15 is 0 Å². The Balaban J connectivity index is 1.59. The number of anilines is 1. The summed E-state index contributed by atoms with van der Waals surface area (Å²) in [6, 6.07) is 12.6. The largest absolute Gasteiger partial charge is 0.443 e. The minimum atomic E-state index is -1.08. The third-order valence-electron chi connectivity index (χ3n) is 6.56. The van der Waals surface area contributed by atoms with Crippen LogP contribution in [0.1, 0.15) is 26.5 Å². The first-order valence-electron chi connectivity index (χ1n) is 13.4. The number of nitrogens with one attached hydrogen (secondary N) is 1. The second-order valence-corrected chi connectivity index (χ2v) is 12.6. The molecule has 1 unspecified atom stereocenters. The van der Waals surface area contributed by atoms with Crippen LogP contribution in [0.3, 0.4) is 0 Å². The molecular formula is C30H29ClN6O5S. The van der Waals surface area contributed by atoms with Crippen LogP contribution < -0.4 is 10.9 Å². The van der Waals surface area contributed by atoms with Crippen LogP contribution in [0.25, 0.3) is 33.4 Å². The van der Waals surface area contributed by atoms with Gasteiger partial charge < -0.3 is 10.1 Å². The van der Waals surface area contributed by atoms with Gasteiger partial charge in [-0.2, -0.15) is 4.98 Å². The number of fused-ring (bicyclic) bond motifs is 1. The molecule has 3 aromatic heterocycles. The molecule has 5 rings (SSSR count). The van der Waals surface area contributed by atoms with Gasteiger partial charge in [0.25, 0.3) is 5.56 Å². The molecule has 1 N–H and O–H groups in total. The number of pyridine rings is 2. The highest BCUT2D eigenvalue weighted by atomic mass is 35.5. The summed E-state index contributed by atoms with van der Waals surface area (Å²) in [6.45, 7) is 6.24. The smallest absolute Gasteiger partial charge is 0.417 e. The van der Waals surface area contributed by atoms with E-state index in [1.54, 1.807) is 52.2 Å². The number of nitrogens with zero attached hydrogens (tertiary/aromatic N) is 5. The standard InChI is InChI=1S/C30H29ClN6O5S/c1-16-7-6-8-22(34-16)17-9-10-19(21(31)12-17)20-11-18-13-33-28(32-5)35-25(18)36(26(20)39)14-23-27(40)37(15-24(38)43-23)29(41)42-30(2,3)4/h6-13,23H,14-15H2,1-5H3,(H,32,33,35). The fraction of sp³-hybridized carbons (Fsp3) is 0.300. The number of rotatable bonds is 5. The van der Waals surface area contributed by atoms with Gasteiger partial charge in [0, 0.05) is 52.6 Å². The predicted molar refractivity (Wildman–Crippen MR) is 166 cm³/mol. The third kappa shape index (κ3) is 6.40. The molecule has 0 bridgehead atoms. The molecular weight excluding hydrogens is 592 g/mol. The van der Waals surface area contributed by atoms with Crippen LogP contribution in [0.5, 0.6) is 0 Å². The third-order valence-corrected chi connectivity index (χ3v) is 7.90. The molecule has 43 heavy (non-hydrogen) atoms. The molecule has 1 atom stereocenters. The van der Waals surface area contributed by atoms with E-state index in [9.17, 15) is 19.2 Å². The normalized spacial score (nSPS) is 15.6. The zero-order valence-corrected chi connectivity index (χ0v) is 25.7. The van der Waals surface area contributed by atoms with Gasteiger partial charge in [-0.15, -0.1) is 0 Å². The van der Waals surface area contributed by atoms with Crippen LogP contribution in [0, 0.1) is 6.92 Å². The van der Waals surface area contributed by atoms with Crippen LogP contribution >= 0.6 is 23.4 Å². The van der Waals surface area contributed by atoms with Crippen molar-refractivity contribution in [3.63, 3.8) is 0 Å². The van der Waals surface area contributed by atoms with Crippen molar-refractivity contribution in [1.29, 1.82) is 0 Å². The Kier molecular flexibility index (Phi) is 8.26. The maximum Gasteiger partial charge on any atom is 0.417 e. The highest BCUT2D eigenvalue weighted by molar-refractivity contribution is 8.14. The predicted octanol–water partition coefficient (Wildman–Crippen LogP) is 4.93. The number of amides is 2. The van der Waals surface area contributed by atoms with E-state index in [1.165, 1.54) is 4.57 Å². The number of thioether (sulfide) groups is 1. The second-order valence-electron chi connectivity index (χ2n) is 10.9. The maximum absolute atomic E-state index is 14.1. The van der Waals surface area contributed by atoms with E-state index in [2.05, 4.69) is 20.3 Å². The topological polar surface area (TPSA) is 136 Å². The lowest BCUT2D eigenvalue weighted by Crippen LogP contribution is -2.51. The van der Waals surface area contributed by atoms with Gasteiger partial charge in [0.2, 0.25) is 17.0 Å². The fourth-order valence-electron chi connectivity index (χ4n) is 4.62. The van der Waals surface area contributed by atoms with Gasteiger partial charge in [0.1, 0.15) is 23.0 Å². The van der Waals surface area contributed by atoms with Crippen molar-refractivity contribution in [2.24, 2.45) is 0 Å². The Labute approximate surface area is 256 Å². The summed E-state index contributed by atoms with van der Waals surface area (Å²) in [6.07, 6.45) is 0.637. The summed E-state index contributed by atoms with van der Waals surface area (Å²) in [5.41, 5.74) is 2.00. The second kappa shape index (κ2) is 11.8. The molecule has 0 saturated carbocycles. The number of aromatic nitrogens is 4. The van der Waals surface area contributed by atoms with Crippen molar-refractivity contribution < 1.29 is 19.1 Å². The first-order chi connectivity index (χ1) is 20.3. The highest BCUT2D eigenvalue weighted by Gasteiger charge is 2.40. The molecule has 0 aliphatic carbocycles. The van der Waals surface area contributed by atoms with E-state index in [-0.39, 0.29) is 23.7 Å². The average Bonchev–Trinajstić information content (AvgIpc) is 2.95. The molecule has 11 nitrogen and oxygen atoms in total. The number of ether oxygens (including phenoxy) is 1. The molecule has 1 saturated heterocycles. The number of hydrogen-bond acceptors (Lipinski definition) is 10. The van der Waals surface area contributed by atoms with Gasteiger partial charge in [0.15, 0.2) is 0 Å². The monoisotopic (exact) mass is 620 g/mol. The molecule has 0 radical (unpaired) electrons. The summed E-state index contributed by atoms with van der Waals surface area (Å²) >= 11 is 7.51. The van der Waals surface area contributed by atoms with Gasteiger partial charge in [-0.25, -0.2) is 14.7 Å². The zero-order valence-electron chi connectivity index (χ0n) is 24.2. The van der Waals surface area contributed by atoms with Gasteiger partial charge in [-0.1, -0.05) is 41.6 Å². The fourth-order valence-corrected chi connectivity index (χ4v) is 5.87. The Morgan fingerprint density at radius 1 is 1.12 bits per heavy atom. The summed E-state index contributed by atoms with van der Waals surface area (Å²) < 4.78 is 6.67. The summed E-state index contributed by atoms with van der Waals surface area (Å²) in [5.74, 6) is -0.379. The average molecular weight is 621 g/mol. The molecule has 222 valence electrons. The number of aryl methyl sites for hydroxylation is 1. The van der Waals surface area contributed by atoms with Crippen LogP contribution in [-0.4, -0.2) is 66.0 Å². The summed E-state index contributed by atoms with van der Waals surface area (Å²) in [5, 5.41) is 2.20. The van der Waals surface area contributed by atoms with Crippen molar-refractivity contribution in [2.45, 2.75) is 45.1 Å². The quantitative estimate of drug-likeness (QED) is 0.327. The van der Waals surface area contributed by atoms with Gasteiger partial charge in [0.05, 0.1) is 5.69 Å². The first kappa shape index (κ1) is 30.2. The van der Waals surface area contributed by atoms with E-state index in [1.807, 2.05) is 31.2 Å². The molecule has 4 heterocycles.